The fraction of sp³-hybridized carbons (Fsp3) is 0.286. The Hall–Kier alpha value is -2.34. The van der Waals surface area contributed by atoms with Crippen molar-refractivity contribution in [3.63, 3.8) is 0 Å². The topological polar surface area (TPSA) is 131 Å². The van der Waals surface area contributed by atoms with Crippen LogP contribution in [-0.4, -0.2) is 46.2 Å². The van der Waals surface area contributed by atoms with Gasteiger partial charge < -0.3 is 21.2 Å². The van der Waals surface area contributed by atoms with Crippen LogP contribution in [0.2, 0.25) is 0 Å². The molecule has 2 aromatic rings. The van der Waals surface area contributed by atoms with Gasteiger partial charge in [0.25, 0.3) is 0 Å². The van der Waals surface area contributed by atoms with Gasteiger partial charge in [0.1, 0.15) is 5.82 Å². The van der Waals surface area contributed by atoms with Crippen molar-refractivity contribution >= 4 is 45.2 Å². The molecule has 26 heavy (non-hydrogen) atoms. The molecule has 0 unspecified atom stereocenters. The first-order chi connectivity index (χ1) is 12.5. The molecule has 0 amide bonds. The third-order valence-corrected chi connectivity index (χ3v) is 4.52. The summed E-state index contributed by atoms with van der Waals surface area (Å²) in [6, 6.07) is 4.25. The Kier molecular flexibility index (Phi) is 7.66. The maximum atomic E-state index is 13.3. The summed E-state index contributed by atoms with van der Waals surface area (Å²) in [5.41, 5.74) is 0.713. The summed E-state index contributed by atoms with van der Waals surface area (Å²) in [4.78, 5) is 0. The molecule has 0 saturated heterocycles. The van der Waals surface area contributed by atoms with Crippen molar-refractivity contribution in [2.45, 2.75) is 11.9 Å². The third-order valence-electron chi connectivity index (χ3n) is 2.96. The first-order valence-corrected chi connectivity index (χ1v) is 9.29. The molecule has 1 heterocycles. The smallest absolute Gasteiger partial charge is 0.202 e. The van der Waals surface area contributed by atoms with E-state index < -0.39 is 5.82 Å². The molecule has 9 nitrogen and oxygen atoms in total. The maximum Gasteiger partial charge on any atom is 0.202 e. The molecule has 0 bridgehead atoms. The van der Waals surface area contributed by atoms with Gasteiger partial charge in [-0.3, -0.25) is 5.41 Å². The zero-order chi connectivity index (χ0) is 18.9. The number of anilines is 1. The van der Waals surface area contributed by atoms with Gasteiger partial charge in [0.2, 0.25) is 5.84 Å². The van der Waals surface area contributed by atoms with Gasteiger partial charge in [0.05, 0.1) is 4.47 Å². The van der Waals surface area contributed by atoms with E-state index in [1.807, 2.05) is 6.92 Å². The monoisotopic (exact) mass is 445 g/mol. The van der Waals surface area contributed by atoms with Gasteiger partial charge in [0, 0.05) is 24.5 Å². The first kappa shape index (κ1) is 20.0. The first-order valence-electron chi connectivity index (χ1n) is 7.51. The van der Waals surface area contributed by atoms with Crippen LogP contribution in [0.15, 0.2) is 37.5 Å². The highest BCUT2D eigenvalue weighted by molar-refractivity contribution is 9.10. The zero-order valence-electron chi connectivity index (χ0n) is 13.7. The minimum atomic E-state index is -0.409. The van der Waals surface area contributed by atoms with E-state index in [9.17, 15) is 9.60 Å². The van der Waals surface area contributed by atoms with Crippen LogP contribution in [0.4, 0.5) is 10.1 Å². The van der Waals surface area contributed by atoms with Crippen LogP contribution in [-0.2, 0) is 0 Å². The SMILES string of the molecule is CCNC(=N)NCCSc1nonc1/C(=N/O)Nc1ccc(F)c(Br)c1. The van der Waals surface area contributed by atoms with Gasteiger partial charge in [-0.05, 0) is 51.4 Å². The Bertz CT molecular complexity index is 786. The number of hydrogen-bond donors (Lipinski definition) is 5. The lowest BCUT2D eigenvalue weighted by atomic mass is 10.3. The number of hydrogen-bond acceptors (Lipinski definition) is 7. The van der Waals surface area contributed by atoms with E-state index >= 15 is 0 Å². The van der Waals surface area contributed by atoms with Crippen LogP contribution < -0.4 is 16.0 Å². The number of rotatable bonds is 7. The molecule has 0 aliphatic heterocycles. The van der Waals surface area contributed by atoms with E-state index in [2.05, 4.69) is 47.3 Å². The summed E-state index contributed by atoms with van der Waals surface area (Å²) in [6.07, 6.45) is 0. The molecule has 0 aliphatic carbocycles. The van der Waals surface area contributed by atoms with Crippen molar-refractivity contribution in [2.24, 2.45) is 5.16 Å². The number of guanidine groups is 1. The van der Waals surface area contributed by atoms with E-state index in [1.54, 1.807) is 0 Å². The number of benzene rings is 1. The molecule has 0 radical (unpaired) electrons. The number of nitrogens with one attached hydrogen (secondary N) is 4. The number of amidine groups is 1. The van der Waals surface area contributed by atoms with Gasteiger partial charge in [-0.25, -0.2) is 9.02 Å². The highest BCUT2D eigenvalue weighted by Gasteiger charge is 2.18. The van der Waals surface area contributed by atoms with E-state index in [4.69, 9.17) is 10.0 Å². The predicted molar refractivity (Wildman–Crippen MR) is 100 cm³/mol. The molecule has 0 fully saturated rings. The van der Waals surface area contributed by atoms with E-state index in [0.717, 1.165) is 0 Å². The molecule has 5 N–H and O–H groups in total. The quantitative estimate of drug-likeness (QED) is 0.109. The fourth-order valence-corrected chi connectivity index (χ4v) is 2.96. The Morgan fingerprint density at radius 3 is 2.92 bits per heavy atom. The summed E-state index contributed by atoms with van der Waals surface area (Å²) < 4.78 is 18.3. The zero-order valence-corrected chi connectivity index (χ0v) is 16.1. The van der Waals surface area contributed by atoms with E-state index in [1.165, 1.54) is 30.0 Å². The summed E-state index contributed by atoms with van der Waals surface area (Å²) in [5, 5.41) is 36.6. The van der Waals surface area contributed by atoms with Crippen LogP contribution in [0.25, 0.3) is 0 Å². The molecule has 1 aromatic carbocycles. The summed E-state index contributed by atoms with van der Waals surface area (Å²) in [6.45, 7) is 3.09. The van der Waals surface area contributed by atoms with Crippen LogP contribution in [0.1, 0.15) is 12.6 Å². The molecule has 1 aromatic heterocycles. The highest BCUT2D eigenvalue weighted by atomic mass is 79.9. The van der Waals surface area contributed by atoms with Crippen LogP contribution in [0.5, 0.6) is 0 Å². The number of aromatic nitrogens is 2. The lowest BCUT2D eigenvalue weighted by Gasteiger charge is -2.08. The van der Waals surface area contributed by atoms with Gasteiger partial charge in [0.15, 0.2) is 16.7 Å². The third kappa shape index (κ3) is 5.59. The van der Waals surface area contributed by atoms with Crippen LogP contribution >= 0.6 is 27.7 Å². The molecule has 2 rings (SSSR count). The molecule has 0 spiro atoms. The van der Waals surface area contributed by atoms with Crippen molar-refractivity contribution in [3.8, 4) is 0 Å². The molecule has 0 saturated carbocycles. The molecule has 140 valence electrons. The van der Waals surface area contributed by atoms with Gasteiger partial charge >= 0.3 is 0 Å². The van der Waals surface area contributed by atoms with Crippen molar-refractivity contribution in [2.75, 3.05) is 24.2 Å². The minimum Gasteiger partial charge on any atom is -0.409 e. The Balaban J connectivity index is 1.98. The average Bonchev–Trinajstić information content (AvgIpc) is 3.08. The molecule has 0 aliphatic rings. The largest absolute Gasteiger partial charge is 0.409 e. The lowest BCUT2D eigenvalue weighted by Crippen LogP contribution is -2.37. The minimum absolute atomic E-state index is 0.0145. The van der Waals surface area contributed by atoms with Crippen molar-refractivity contribution in [3.05, 3.63) is 34.2 Å². The second-order valence-electron chi connectivity index (χ2n) is 4.80. The highest BCUT2D eigenvalue weighted by Crippen LogP contribution is 2.23. The molecule has 12 heteroatoms. The normalized spacial score (nSPS) is 11.3. The molecular weight excluding hydrogens is 429 g/mol. The summed E-state index contributed by atoms with van der Waals surface area (Å²) in [7, 11) is 0. The van der Waals surface area contributed by atoms with Crippen molar-refractivity contribution in [1.82, 2.24) is 20.9 Å². The fourth-order valence-electron chi connectivity index (χ4n) is 1.83. The van der Waals surface area contributed by atoms with Crippen LogP contribution in [0.3, 0.4) is 0 Å². The Morgan fingerprint density at radius 2 is 2.23 bits per heavy atom. The lowest BCUT2D eigenvalue weighted by molar-refractivity contribution is 0.297. The van der Waals surface area contributed by atoms with Gasteiger partial charge in [-0.1, -0.05) is 16.9 Å². The predicted octanol–water partition coefficient (Wildman–Crippen LogP) is 2.45. The average molecular weight is 446 g/mol. The second kappa shape index (κ2) is 9.97. The number of oxime groups is 1. The number of halogens is 2. The standard InChI is InChI=1S/C14H17BrFN7O2S/c1-2-18-14(17)19-5-6-26-13-11(22-25-23-13)12(21-24)20-8-3-4-10(16)9(15)7-8/h3-4,7,24H,2,5-6H2,1H3,(H,20,21)(H3,17,18,19). The van der Waals surface area contributed by atoms with Crippen molar-refractivity contribution < 1.29 is 14.2 Å². The molecule has 0 atom stereocenters. The summed E-state index contributed by atoms with van der Waals surface area (Å²) >= 11 is 4.41. The van der Waals surface area contributed by atoms with Crippen molar-refractivity contribution in [1.29, 1.82) is 5.41 Å². The summed E-state index contributed by atoms with van der Waals surface area (Å²) in [5.74, 6) is 0.428. The second-order valence-corrected chi connectivity index (χ2v) is 6.74. The van der Waals surface area contributed by atoms with E-state index in [-0.39, 0.29) is 22.0 Å². The number of nitrogens with zero attached hydrogens (tertiary/aromatic N) is 3. The van der Waals surface area contributed by atoms with Gasteiger partial charge in [-0.2, -0.15) is 0 Å². The molecular formula is C14H17BrFN7O2S. The number of thioether (sulfide) groups is 1. The maximum absolute atomic E-state index is 13.3. The van der Waals surface area contributed by atoms with Gasteiger partial charge in [-0.15, -0.1) is 0 Å². The van der Waals surface area contributed by atoms with E-state index in [0.29, 0.717) is 29.6 Å². The Labute approximate surface area is 161 Å². The van der Waals surface area contributed by atoms with Crippen LogP contribution in [0, 0.1) is 11.2 Å². The Morgan fingerprint density at radius 1 is 1.42 bits per heavy atom.